The zero-order valence-corrected chi connectivity index (χ0v) is 13.6. The molecule has 2 aromatic carbocycles. The summed E-state index contributed by atoms with van der Waals surface area (Å²) < 4.78 is 1.70. The lowest BCUT2D eigenvalue weighted by atomic mass is 10.0. The second kappa shape index (κ2) is 5.88. The van der Waals surface area contributed by atoms with E-state index in [9.17, 15) is 9.59 Å². The van der Waals surface area contributed by atoms with Gasteiger partial charge in [-0.25, -0.2) is 4.79 Å². The number of rotatable bonds is 4. The van der Waals surface area contributed by atoms with E-state index in [4.69, 9.17) is 0 Å². The Labute approximate surface area is 134 Å². The van der Waals surface area contributed by atoms with Gasteiger partial charge in [0, 0.05) is 18.0 Å². The van der Waals surface area contributed by atoms with E-state index < -0.39 is 0 Å². The SMILES string of the molecule is Cc1cccc(CC(=O)c2ccc3c(c2)[nH]c(=O)n3C(C)C)c1. The highest BCUT2D eigenvalue weighted by Gasteiger charge is 2.13. The van der Waals surface area contributed by atoms with Crippen molar-refractivity contribution in [1.82, 2.24) is 9.55 Å². The monoisotopic (exact) mass is 308 g/mol. The standard InChI is InChI=1S/C19H20N2O2/c1-12(2)21-17-8-7-15(11-16(17)20-19(21)23)18(22)10-14-6-4-5-13(3)9-14/h4-9,11-12H,10H2,1-3H3,(H,20,23). The van der Waals surface area contributed by atoms with Crippen molar-refractivity contribution in [3.8, 4) is 0 Å². The van der Waals surface area contributed by atoms with Crippen LogP contribution in [0.5, 0.6) is 0 Å². The van der Waals surface area contributed by atoms with Crippen LogP contribution in [0.2, 0.25) is 0 Å². The molecular weight excluding hydrogens is 288 g/mol. The molecular formula is C19H20N2O2. The van der Waals surface area contributed by atoms with E-state index in [1.54, 1.807) is 16.7 Å². The number of Topliss-reactive ketones (excluding diaryl/α,β-unsaturated/α-hetero) is 1. The van der Waals surface area contributed by atoms with Gasteiger partial charge in [-0.15, -0.1) is 0 Å². The summed E-state index contributed by atoms with van der Waals surface area (Å²) in [6, 6.07) is 13.4. The van der Waals surface area contributed by atoms with Gasteiger partial charge in [-0.1, -0.05) is 29.8 Å². The van der Waals surface area contributed by atoms with Gasteiger partial charge >= 0.3 is 5.69 Å². The number of carbonyl (C=O) groups is 1. The van der Waals surface area contributed by atoms with E-state index in [0.29, 0.717) is 17.5 Å². The van der Waals surface area contributed by atoms with Gasteiger partial charge in [0.15, 0.2) is 5.78 Å². The number of fused-ring (bicyclic) bond motifs is 1. The molecule has 0 saturated heterocycles. The highest BCUT2D eigenvalue weighted by Crippen LogP contribution is 2.18. The van der Waals surface area contributed by atoms with Gasteiger partial charge in [0.1, 0.15) is 0 Å². The Morgan fingerprint density at radius 2 is 1.96 bits per heavy atom. The van der Waals surface area contributed by atoms with E-state index >= 15 is 0 Å². The fraction of sp³-hybridized carbons (Fsp3) is 0.263. The maximum Gasteiger partial charge on any atom is 0.326 e. The Hall–Kier alpha value is -2.62. The van der Waals surface area contributed by atoms with Crippen molar-refractivity contribution in [2.45, 2.75) is 33.2 Å². The van der Waals surface area contributed by atoms with Crippen LogP contribution in [-0.4, -0.2) is 15.3 Å². The van der Waals surface area contributed by atoms with E-state index in [1.165, 1.54) is 0 Å². The lowest BCUT2D eigenvalue weighted by Crippen LogP contribution is -2.18. The number of nitrogens with one attached hydrogen (secondary N) is 1. The maximum absolute atomic E-state index is 12.5. The van der Waals surface area contributed by atoms with Crippen molar-refractivity contribution >= 4 is 16.8 Å². The van der Waals surface area contributed by atoms with Crippen molar-refractivity contribution < 1.29 is 4.79 Å². The van der Waals surface area contributed by atoms with Gasteiger partial charge in [0.05, 0.1) is 11.0 Å². The van der Waals surface area contributed by atoms with Crippen LogP contribution in [0.25, 0.3) is 11.0 Å². The molecule has 0 aliphatic rings. The number of aromatic amines is 1. The summed E-state index contributed by atoms with van der Waals surface area (Å²) in [5, 5.41) is 0. The van der Waals surface area contributed by atoms with Gasteiger partial charge in [-0.2, -0.15) is 0 Å². The number of hydrogen-bond acceptors (Lipinski definition) is 2. The number of benzene rings is 2. The van der Waals surface area contributed by atoms with Gasteiger partial charge < -0.3 is 4.98 Å². The Morgan fingerprint density at radius 1 is 1.17 bits per heavy atom. The molecule has 1 aromatic heterocycles. The second-order valence-electron chi connectivity index (χ2n) is 6.21. The molecule has 0 saturated carbocycles. The quantitative estimate of drug-likeness (QED) is 0.748. The molecule has 23 heavy (non-hydrogen) atoms. The maximum atomic E-state index is 12.5. The number of aryl methyl sites for hydroxylation is 1. The Balaban J connectivity index is 1.94. The summed E-state index contributed by atoms with van der Waals surface area (Å²) in [6.07, 6.45) is 0.363. The van der Waals surface area contributed by atoms with Crippen molar-refractivity contribution in [2.24, 2.45) is 0 Å². The third-order valence-electron chi connectivity index (χ3n) is 4.00. The third-order valence-corrected chi connectivity index (χ3v) is 4.00. The Bertz CT molecular complexity index is 932. The highest BCUT2D eigenvalue weighted by molar-refractivity contribution is 6.00. The molecule has 0 unspecified atom stereocenters. The molecule has 0 bridgehead atoms. The number of nitrogens with zero attached hydrogens (tertiary/aromatic N) is 1. The number of hydrogen-bond donors (Lipinski definition) is 1. The molecule has 0 atom stereocenters. The lowest BCUT2D eigenvalue weighted by molar-refractivity contribution is 0.0993. The fourth-order valence-electron chi connectivity index (χ4n) is 2.93. The van der Waals surface area contributed by atoms with E-state index in [2.05, 4.69) is 4.98 Å². The number of H-pyrrole nitrogens is 1. The van der Waals surface area contributed by atoms with Crippen molar-refractivity contribution in [3.63, 3.8) is 0 Å². The molecule has 0 fully saturated rings. The molecule has 0 spiro atoms. The molecule has 1 N–H and O–H groups in total. The van der Waals surface area contributed by atoms with Crippen LogP contribution < -0.4 is 5.69 Å². The van der Waals surface area contributed by atoms with Crippen molar-refractivity contribution in [3.05, 3.63) is 69.6 Å². The fourth-order valence-corrected chi connectivity index (χ4v) is 2.93. The first-order chi connectivity index (χ1) is 11.0. The largest absolute Gasteiger partial charge is 0.326 e. The minimum absolute atomic E-state index is 0.0515. The summed E-state index contributed by atoms with van der Waals surface area (Å²) in [7, 11) is 0. The summed E-state index contributed by atoms with van der Waals surface area (Å²) in [4.78, 5) is 27.3. The Kier molecular flexibility index (Phi) is 3.90. The smallest absolute Gasteiger partial charge is 0.306 e. The molecule has 0 aliphatic heterocycles. The molecule has 0 radical (unpaired) electrons. The minimum atomic E-state index is -0.140. The van der Waals surface area contributed by atoms with Gasteiger partial charge in [0.2, 0.25) is 0 Å². The average Bonchev–Trinajstić information content (AvgIpc) is 2.82. The van der Waals surface area contributed by atoms with E-state index in [-0.39, 0.29) is 17.5 Å². The topological polar surface area (TPSA) is 54.9 Å². The normalized spacial score (nSPS) is 11.3. The van der Waals surface area contributed by atoms with Crippen LogP contribution in [0.4, 0.5) is 0 Å². The third kappa shape index (κ3) is 2.97. The number of carbonyl (C=O) groups excluding carboxylic acids is 1. The molecule has 3 aromatic rings. The van der Waals surface area contributed by atoms with Gasteiger partial charge in [-0.05, 0) is 44.5 Å². The molecule has 3 rings (SSSR count). The van der Waals surface area contributed by atoms with Crippen LogP contribution in [0, 0.1) is 6.92 Å². The van der Waals surface area contributed by atoms with Crippen LogP contribution >= 0.6 is 0 Å². The van der Waals surface area contributed by atoms with Crippen LogP contribution in [0.3, 0.4) is 0 Å². The van der Waals surface area contributed by atoms with Crippen LogP contribution in [0.15, 0.2) is 47.3 Å². The van der Waals surface area contributed by atoms with Crippen molar-refractivity contribution in [2.75, 3.05) is 0 Å². The molecule has 118 valence electrons. The highest BCUT2D eigenvalue weighted by atomic mass is 16.1. The Morgan fingerprint density at radius 3 is 2.65 bits per heavy atom. The predicted octanol–water partition coefficient (Wildman–Crippen LogP) is 3.64. The summed E-state index contributed by atoms with van der Waals surface area (Å²) in [6.45, 7) is 5.94. The second-order valence-corrected chi connectivity index (χ2v) is 6.21. The average molecular weight is 308 g/mol. The first-order valence-electron chi connectivity index (χ1n) is 7.78. The minimum Gasteiger partial charge on any atom is -0.306 e. The summed E-state index contributed by atoms with van der Waals surface area (Å²) >= 11 is 0. The number of imidazole rings is 1. The van der Waals surface area contributed by atoms with Crippen LogP contribution in [0.1, 0.15) is 41.4 Å². The lowest BCUT2D eigenvalue weighted by Gasteiger charge is -2.07. The molecule has 4 nitrogen and oxygen atoms in total. The summed E-state index contributed by atoms with van der Waals surface area (Å²) in [5.74, 6) is 0.0515. The zero-order chi connectivity index (χ0) is 16.6. The number of ketones is 1. The first-order valence-corrected chi connectivity index (χ1v) is 7.78. The van der Waals surface area contributed by atoms with Crippen LogP contribution in [-0.2, 0) is 6.42 Å². The van der Waals surface area contributed by atoms with E-state index in [1.807, 2.05) is 51.1 Å². The predicted molar refractivity (Wildman–Crippen MR) is 92.2 cm³/mol. The van der Waals surface area contributed by atoms with Gasteiger partial charge in [0.25, 0.3) is 0 Å². The molecule has 0 aliphatic carbocycles. The first kappa shape index (κ1) is 15.3. The summed E-state index contributed by atoms with van der Waals surface area (Å²) in [5.41, 5.74) is 4.16. The van der Waals surface area contributed by atoms with E-state index in [0.717, 1.165) is 16.6 Å². The van der Waals surface area contributed by atoms with Gasteiger partial charge in [-0.3, -0.25) is 9.36 Å². The molecule has 1 heterocycles. The van der Waals surface area contributed by atoms with Crippen molar-refractivity contribution in [1.29, 1.82) is 0 Å². The zero-order valence-electron chi connectivity index (χ0n) is 13.6. The number of aromatic nitrogens is 2. The molecule has 4 heteroatoms. The molecule has 0 amide bonds.